The van der Waals surface area contributed by atoms with E-state index in [9.17, 15) is 9.18 Å². The van der Waals surface area contributed by atoms with Crippen LogP contribution in [0.15, 0.2) is 24.3 Å². The van der Waals surface area contributed by atoms with Gasteiger partial charge in [0, 0.05) is 13.0 Å². The van der Waals surface area contributed by atoms with Gasteiger partial charge in [0.15, 0.2) is 0 Å². The summed E-state index contributed by atoms with van der Waals surface area (Å²) in [6, 6.07) is 6.36. The number of halogens is 1. The number of hydrogen-bond donors (Lipinski definition) is 1. The minimum atomic E-state index is -0.250. The van der Waals surface area contributed by atoms with Crippen LogP contribution in [-0.2, 0) is 9.53 Å². The lowest BCUT2D eigenvalue weighted by molar-refractivity contribution is -0.139. The Bertz CT molecular complexity index is 514. The Morgan fingerprint density at radius 1 is 1.26 bits per heavy atom. The molecule has 1 aromatic carbocycles. The molecule has 2 saturated heterocycles. The van der Waals surface area contributed by atoms with Crippen molar-refractivity contribution >= 4 is 5.91 Å². The number of amides is 1. The van der Waals surface area contributed by atoms with E-state index in [1.165, 1.54) is 25.0 Å². The number of piperidine rings is 1. The highest BCUT2D eigenvalue weighted by Gasteiger charge is 2.26. The molecular weight excluding hydrogens is 295 g/mol. The van der Waals surface area contributed by atoms with Crippen LogP contribution in [0, 0.1) is 11.7 Å². The molecule has 4 nitrogen and oxygen atoms in total. The molecule has 1 N–H and O–H groups in total. The molecule has 1 atom stereocenters. The van der Waals surface area contributed by atoms with Crippen molar-refractivity contribution in [2.45, 2.75) is 31.8 Å². The quantitative estimate of drug-likeness (QED) is 0.927. The first kappa shape index (κ1) is 16.4. The molecule has 23 heavy (non-hydrogen) atoms. The standard InChI is InChI=1S/C18H25FN2O2/c19-16-4-2-15(3-5-16)17-13-21(11-12-23-17)18(22)6-1-14-7-9-20-10-8-14/h2-5,14,17,20H,1,6-13H2. The van der Waals surface area contributed by atoms with Crippen molar-refractivity contribution in [3.63, 3.8) is 0 Å². The summed E-state index contributed by atoms with van der Waals surface area (Å²) in [6.45, 7) is 3.91. The maximum Gasteiger partial charge on any atom is 0.222 e. The number of benzene rings is 1. The fourth-order valence-corrected chi connectivity index (χ4v) is 3.41. The third kappa shape index (κ3) is 4.52. The second kappa shape index (κ2) is 7.88. The van der Waals surface area contributed by atoms with Gasteiger partial charge in [-0.1, -0.05) is 12.1 Å². The van der Waals surface area contributed by atoms with Gasteiger partial charge in [-0.2, -0.15) is 0 Å². The third-order valence-electron chi connectivity index (χ3n) is 4.89. The molecule has 0 saturated carbocycles. The Kier molecular flexibility index (Phi) is 5.62. The van der Waals surface area contributed by atoms with Crippen molar-refractivity contribution in [1.82, 2.24) is 10.2 Å². The Morgan fingerprint density at radius 2 is 2.00 bits per heavy atom. The van der Waals surface area contributed by atoms with Crippen LogP contribution < -0.4 is 5.32 Å². The number of carbonyl (C=O) groups excluding carboxylic acids is 1. The molecule has 5 heteroatoms. The highest BCUT2D eigenvalue weighted by Crippen LogP contribution is 2.24. The molecule has 2 fully saturated rings. The highest BCUT2D eigenvalue weighted by molar-refractivity contribution is 5.76. The van der Waals surface area contributed by atoms with Crippen molar-refractivity contribution in [2.75, 3.05) is 32.8 Å². The second-order valence-electron chi connectivity index (χ2n) is 6.48. The van der Waals surface area contributed by atoms with E-state index in [-0.39, 0.29) is 17.8 Å². The Morgan fingerprint density at radius 3 is 2.74 bits per heavy atom. The molecule has 1 aromatic rings. The van der Waals surface area contributed by atoms with E-state index in [0.717, 1.165) is 25.1 Å². The van der Waals surface area contributed by atoms with E-state index >= 15 is 0 Å². The summed E-state index contributed by atoms with van der Waals surface area (Å²) in [6.07, 6.45) is 3.82. The molecular formula is C18H25FN2O2. The number of carbonyl (C=O) groups is 1. The van der Waals surface area contributed by atoms with Gasteiger partial charge in [0.1, 0.15) is 11.9 Å². The molecule has 3 rings (SSSR count). The molecule has 1 unspecified atom stereocenters. The Hall–Kier alpha value is -1.46. The smallest absolute Gasteiger partial charge is 0.222 e. The molecule has 126 valence electrons. The summed E-state index contributed by atoms with van der Waals surface area (Å²) in [5, 5.41) is 3.36. The summed E-state index contributed by atoms with van der Waals surface area (Å²) < 4.78 is 18.8. The van der Waals surface area contributed by atoms with Crippen LogP contribution in [0.2, 0.25) is 0 Å². The van der Waals surface area contributed by atoms with Crippen LogP contribution in [0.25, 0.3) is 0 Å². The Balaban J connectivity index is 1.51. The van der Waals surface area contributed by atoms with Crippen LogP contribution in [0.5, 0.6) is 0 Å². The molecule has 2 heterocycles. The van der Waals surface area contributed by atoms with E-state index in [1.807, 2.05) is 4.90 Å². The lowest BCUT2D eigenvalue weighted by Gasteiger charge is -2.33. The third-order valence-corrected chi connectivity index (χ3v) is 4.89. The van der Waals surface area contributed by atoms with Crippen LogP contribution in [0.1, 0.15) is 37.4 Å². The van der Waals surface area contributed by atoms with E-state index in [4.69, 9.17) is 4.74 Å². The van der Waals surface area contributed by atoms with Crippen molar-refractivity contribution in [3.05, 3.63) is 35.6 Å². The summed E-state index contributed by atoms with van der Waals surface area (Å²) >= 11 is 0. The number of morpholine rings is 1. The SMILES string of the molecule is O=C(CCC1CCNCC1)N1CCOC(c2ccc(F)cc2)C1. The van der Waals surface area contributed by atoms with Gasteiger partial charge in [-0.15, -0.1) is 0 Å². The summed E-state index contributed by atoms with van der Waals surface area (Å²) in [5.41, 5.74) is 0.933. The average molecular weight is 320 g/mol. The average Bonchev–Trinajstić information content (AvgIpc) is 2.61. The predicted molar refractivity (Wildman–Crippen MR) is 86.5 cm³/mol. The second-order valence-corrected chi connectivity index (χ2v) is 6.48. The van der Waals surface area contributed by atoms with Gasteiger partial charge >= 0.3 is 0 Å². The van der Waals surface area contributed by atoms with E-state index < -0.39 is 0 Å². The first-order valence-corrected chi connectivity index (χ1v) is 8.58. The number of ether oxygens (including phenoxy) is 1. The van der Waals surface area contributed by atoms with Crippen molar-refractivity contribution in [1.29, 1.82) is 0 Å². The van der Waals surface area contributed by atoms with Crippen LogP contribution in [0.4, 0.5) is 4.39 Å². The molecule has 0 spiro atoms. The fourth-order valence-electron chi connectivity index (χ4n) is 3.41. The summed E-state index contributed by atoms with van der Waals surface area (Å²) in [4.78, 5) is 14.4. The maximum atomic E-state index is 13.0. The molecule has 1 amide bonds. The normalized spacial score (nSPS) is 23.0. The molecule has 0 radical (unpaired) electrons. The van der Waals surface area contributed by atoms with Crippen molar-refractivity contribution in [3.8, 4) is 0 Å². The lowest BCUT2D eigenvalue weighted by Crippen LogP contribution is -2.42. The summed E-state index contributed by atoms with van der Waals surface area (Å²) in [7, 11) is 0. The van der Waals surface area contributed by atoms with E-state index in [1.54, 1.807) is 12.1 Å². The fraction of sp³-hybridized carbons (Fsp3) is 0.611. The number of rotatable bonds is 4. The molecule has 2 aliphatic heterocycles. The zero-order valence-electron chi connectivity index (χ0n) is 13.5. The monoisotopic (exact) mass is 320 g/mol. The number of nitrogens with zero attached hydrogens (tertiary/aromatic N) is 1. The van der Waals surface area contributed by atoms with Gasteiger partial charge in [-0.05, 0) is 56.0 Å². The minimum absolute atomic E-state index is 0.146. The summed E-state index contributed by atoms with van der Waals surface area (Å²) in [5.74, 6) is 0.646. The Labute approximate surface area is 137 Å². The van der Waals surface area contributed by atoms with Crippen molar-refractivity contribution < 1.29 is 13.9 Å². The molecule has 2 aliphatic rings. The zero-order chi connectivity index (χ0) is 16.1. The predicted octanol–water partition coefficient (Wildman–Crippen LogP) is 2.51. The molecule has 0 aliphatic carbocycles. The topological polar surface area (TPSA) is 41.6 Å². The number of hydrogen-bond acceptors (Lipinski definition) is 3. The van der Waals surface area contributed by atoms with Gasteiger partial charge < -0.3 is 15.0 Å². The first-order chi connectivity index (χ1) is 11.2. The molecule has 0 bridgehead atoms. The molecule has 0 aromatic heterocycles. The lowest BCUT2D eigenvalue weighted by atomic mass is 9.93. The van der Waals surface area contributed by atoms with Gasteiger partial charge in [-0.3, -0.25) is 4.79 Å². The minimum Gasteiger partial charge on any atom is -0.370 e. The van der Waals surface area contributed by atoms with Crippen molar-refractivity contribution in [2.24, 2.45) is 5.92 Å². The van der Waals surface area contributed by atoms with Gasteiger partial charge in [0.05, 0.1) is 13.2 Å². The van der Waals surface area contributed by atoms with Crippen LogP contribution >= 0.6 is 0 Å². The van der Waals surface area contributed by atoms with Gasteiger partial charge in [-0.25, -0.2) is 4.39 Å². The largest absolute Gasteiger partial charge is 0.370 e. The van der Waals surface area contributed by atoms with E-state index in [0.29, 0.717) is 32.0 Å². The van der Waals surface area contributed by atoms with Crippen LogP contribution in [0.3, 0.4) is 0 Å². The van der Waals surface area contributed by atoms with E-state index in [2.05, 4.69) is 5.32 Å². The number of nitrogens with one attached hydrogen (secondary N) is 1. The van der Waals surface area contributed by atoms with Gasteiger partial charge in [0.25, 0.3) is 0 Å². The van der Waals surface area contributed by atoms with Gasteiger partial charge in [0.2, 0.25) is 5.91 Å². The maximum absolute atomic E-state index is 13.0. The van der Waals surface area contributed by atoms with Crippen LogP contribution in [-0.4, -0.2) is 43.6 Å². The highest BCUT2D eigenvalue weighted by atomic mass is 19.1. The first-order valence-electron chi connectivity index (χ1n) is 8.58. The zero-order valence-corrected chi connectivity index (χ0v) is 13.5.